The molecule has 1 aromatic heterocycles. The molecule has 0 saturated carbocycles. The van der Waals surface area contributed by atoms with E-state index in [0.29, 0.717) is 6.54 Å². The van der Waals surface area contributed by atoms with Gasteiger partial charge in [-0.2, -0.15) is 0 Å². The zero-order chi connectivity index (χ0) is 9.84. The molecule has 1 amide bonds. The van der Waals surface area contributed by atoms with Crippen LogP contribution in [0.15, 0.2) is 15.9 Å². The van der Waals surface area contributed by atoms with Gasteiger partial charge in [0.05, 0.1) is 13.7 Å². The second-order valence-corrected chi connectivity index (χ2v) is 4.47. The maximum atomic E-state index is 11.0. The van der Waals surface area contributed by atoms with Crippen LogP contribution in [0.2, 0.25) is 0 Å². The number of hydrogen-bond acceptors (Lipinski definition) is 3. The number of amides is 1. The van der Waals surface area contributed by atoms with Gasteiger partial charge in [0.1, 0.15) is 0 Å². The van der Waals surface area contributed by atoms with E-state index < -0.39 is 0 Å². The summed E-state index contributed by atoms with van der Waals surface area (Å²) < 4.78 is 5.62. The van der Waals surface area contributed by atoms with E-state index in [0.717, 1.165) is 9.35 Å². The van der Waals surface area contributed by atoms with Gasteiger partial charge < -0.3 is 9.64 Å². The fourth-order valence-electron chi connectivity index (χ4n) is 0.891. The van der Waals surface area contributed by atoms with Crippen molar-refractivity contribution in [1.29, 1.82) is 0 Å². The first kappa shape index (κ1) is 10.5. The Kier molecular flexibility index (Phi) is 3.74. The molecule has 72 valence electrons. The first-order chi connectivity index (χ1) is 6.13. The lowest BCUT2D eigenvalue weighted by Gasteiger charge is -2.13. The van der Waals surface area contributed by atoms with Crippen LogP contribution < -0.4 is 0 Å². The smallest absolute Gasteiger partial charge is 0.409 e. The highest BCUT2D eigenvalue weighted by Crippen LogP contribution is 2.20. The third-order valence-electron chi connectivity index (χ3n) is 1.50. The van der Waals surface area contributed by atoms with Crippen LogP contribution in [0.4, 0.5) is 4.79 Å². The van der Waals surface area contributed by atoms with Crippen molar-refractivity contribution in [3.63, 3.8) is 0 Å². The van der Waals surface area contributed by atoms with Gasteiger partial charge in [0.2, 0.25) is 0 Å². The number of carbonyl (C=O) groups is 1. The molecule has 0 N–H and O–H groups in total. The van der Waals surface area contributed by atoms with Crippen molar-refractivity contribution < 1.29 is 9.53 Å². The first-order valence-corrected chi connectivity index (χ1v) is 5.32. The molecule has 1 heterocycles. The summed E-state index contributed by atoms with van der Waals surface area (Å²) in [6.45, 7) is 0.586. The largest absolute Gasteiger partial charge is 0.453 e. The summed E-state index contributed by atoms with van der Waals surface area (Å²) in [5.41, 5.74) is 0. The number of halogens is 1. The third-order valence-corrected chi connectivity index (χ3v) is 3.18. The number of rotatable bonds is 2. The maximum Gasteiger partial charge on any atom is 0.409 e. The van der Waals surface area contributed by atoms with E-state index in [4.69, 9.17) is 0 Å². The maximum absolute atomic E-state index is 11.0. The van der Waals surface area contributed by atoms with Crippen molar-refractivity contribution in [2.24, 2.45) is 0 Å². The molecule has 5 heteroatoms. The van der Waals surface area contributed by atoms with E-state index in [1.54, 1.807) is 18.4 Å². The topological polar surface area (TPSA) is 29.5 Å². The Hall–Kier alpha value is -0.550. The number of hydrogen-bond donors (Lipinski definition) is 0. The number of thiophene rings is 1. The molecule has 1 aromatic rings. The molecule has 0 fully saturated rings. The van der Waals surface area contributed by atoms with Crippen molar-refractivity contribution >= 4 is 33.4 Å². The molecule has 13 heavy (non-hydrogen) atoms. The lowest BCUT2D eigenvalue weighted by Crippen LogP contribution is -2.25. The molecule has 3 nitrogen and oxygen atoms in total. The van der Waals surface area contributed by atoms with E-state index in [1.807, 2.05) is 11.4 Å². The standard InChI is InChI=1S/C8H10BrNO2S/c1-10(8(11)12-2)4-7-3-6(9)5-13-7/h3,5H,4H2,1-2H3. The second-order valence-electron chi connectivity index (χ2n) is 2.56. The molecule has 0 atom stereocenters. The number of nitrogens with zero attached hydrogens (tertiary/aromatic N) is 1. The Balaban J connectivity index is 2.54. The average molecular weight is 264 g/mol. The summed E-state index contributed by atoms with van der Waals surface area (Å²) in [4.78, 5) is 13.7. The number of carbonyl (C=O) groups excluding carboxylic acids is 1. The van der Waals surface area contributed by atoms with Crippen molar-refractivity contribution in [3.05, 3.63) is 20.8 Å². The summed E-state index contributed by atoms with van der Waals surface area (Å²) in [6.07, 6.45) is -0.315. The van der Waals surface area contributed by atoms with Gasteiger partial charge in [0.15, 0.2) is 0 Å². The summed E-state index contributed by atoms with van der Waals surface area (Å²) in [6, 6.07) is 1.99. The van der Waals surface area contributed by atoms with Crippen molar-refractivity contribution in [2.45, 2.75) is 6.54 Å². The fraction of sp³-hybridized carbons (Fsp3) is 0.375. The molecule has 0 spiro atoms. The quantitative estimate of drug-likeness (QED) is 0.821. The van der Waals surface area contributed by atoms with Gasteiger partial charge in [-0.05, 0) is 22.0 Å². The Labute approximate surface area is 89.4 Å². The van der Waals surface area contributed by atoms with Gasteiger partial charge in [-0.15, -0.1) is 11.3 Å². The third kappa shape index (κ3) is 3.00. The van der Waals surface area contributed by atoms with Gasteiger partial charge in [0.25, 0.3) is 0 Å². The predicted molar refractivity (Wildman–Crippen MR) is 55.9 cm³/mol. The summed E-state index contributed by atoms with van der Waals surface area (Å²) >= 11 is 4.96. The van der Waals surface area contributed by atoms with Crippen LogP contribution in [0.5, 0.6) is 0 Å². The molecule has 0 saturated heterocycles. The average Bonchev–Trinajstić information content (AvgIpc) is 2.49. The second kappa shape index (κ2) is 4.62. The Morgan fingerprint density at radius 2 is 2.46 bits per heavy atom. The van der Waals surface area contributed by atoms with Crippen LogP contribution in [-0.4, -0.2) is 25.2 Å². The minimum atomic E-state index is -0.315. The van der Waals surface area contributed by atoms with E-state index >= 15 is 0 Å². The normalized spacial score (nSPS) is 9.77. The minimum absolute atomic E-state index is 0.315. The monoisotopic (exact) mass is 263 g/mol. The summed E-state index contributed by atoms with van der Waals surface area (Å²) in [5, 5.41) is 1.99. The lowest BCUT2D eigenvalue weighted by atomic mass is 10.4. The highest BCUT2D eigenvalue weighted by molar-refractivity contribution is 9.10. The fourth-order valence-corrected chi connectivity index (χ4v) is 2.39. The summed E-state index contributed by atoms with van der Waals surface area (Å²) in [5.74, 6) is 0. The van der Waals surface area contributed by atoms with E-state index in [9.17, 15) is 4.79 Å². The van der Waals surface area contributed by atoms with Crippen molar-refractivity contribution in [2.75, 3.05) is 14.2 Å². The highest BCUT2D eigenvalue weighted by Gasteiger charge is 2.09. The minimum Gasteiger partial charge on any atom is -0.453 e. The van der Waals surface area contributed by atoms with Crippen LogP contribution in [-0.2, 0) is 11.3 Å². The molecule has 0 aliphatic carbocycles. The molecule has 0 unspecified atom stereocenters. The molecule has 0 bridgehead atoms. The zero-order valence-electron chi connectivity index (χ0n) is 7.41. The first-order valence-electron chi connectivity index (χ1n) is 3.65. The molecular weight excluding hydrogens is 254 g/mol. The van der Waals surface area contributed by atoms with Gasteiger partial charge >= 0.3 is 6.09 Å². The van der Waals surface area contributed by atoms with E-state index in [1.165, 1.54) is 12.0 Å². The molecule has 1 rings (SSSR count). The van der Waals surface area contributed by atoms with Crippen molar-refractivity contribution in [1.82, 2.24) is 4.90 Å². The summed E-state index contributed by atoms with van der Waals surface area (Å²) in [7, 11) is 3.09. The van der Waals surface area contributed by atoms with Crippen molar-refractivity contribution in [3.8, 4) is 0 Å². The Bertz CT molecular complexity index is 300. The van der Waals surface area contributed by atoms with Crippen LogP contribution in [0.3, 0.4) is 0 Å². The lowest BCUT2D eigenvalue weighted by molar-refractivity contribution is 0.131. The number of methoxy groups -OCH3 is 1. The number of ether oxygens (including phenoxy) is 1. The molecule has 0 aliphatic heterocycles. The Morgan fingerprint density at radius 3 is 2.92 bits per heavy atom. The van der Waals surface area contributed by atoms with Crippen LogP contribution in [0.1, 0.15) is 4.88 Å². The SMILES string of the molecule is COC(=O)N(C)Cc1cc(Br)cs1. The van der Waals surface area contributed by atoms with Crippen LogP contribution in [0.25, 0.3) is 0 Å². The molecular formula is C8H10BrNO2S. The Morgan fingerprint density at radius 1 is 1.77 bits per heavy atom. The van der Waals surface area contributed by atoms with Gasteiger partial charge in [-0.25, -0.2) is 4.79 Å². The van der Waals surface area contributed by atoms with Crippen LogP contribution in [0, 0.1) is 0 Å². The van der Waals surface area contributed by atoms with E-state index in [2.05, 4.69) is 20.7 Å². The molecule has 0 aliphatic rings. The predicted octanol–water partition coefficient (Wildman–Crippen LogP) is 2.71. The van der Waals surface area contributed by atoms with Gasteiger partial charge in [-0.1, -0.05) is 0 Å². The van der Waals surface area contributed by atoms with Crippen LogP contribution >= 0.6 is 27.3 Å². The van der Waals surface area contributed by atoms with Gasteiger partial charge in [0, 0.05) is 21.8 Å². The molecule has 0 radical (unpaired) electrons. The molecule has 0 aromatic carbocycles. The highest BCUT2D eigenvalue weighted by atomic mass is 79.9. The van der Waals surface area contributed by atoms with Gasteiger partial charge in [-0.3, -0.25) is 0 Å². The van der Waals surface area contributed by atoms with E-state index in [-0.39, 0.29) is 6.09 Å². The zero-order valence-corrected chi connectivity index (χ0v) is 9.81.